The average molecular weight is 264 g/mol. The van der Waals surface area contributed by atoms with Gasteiger partial charge in [0.25, 0.3) is 0 Å². The van der Waals surface area contributed by atoms with Crippen molar-refractivity contribution in [3.8, 4) is 0 Å². The van der Waals surface area contributed by atoms with Crippen LogP contribution in [-0.4, -0.2) is 15.2 Å². The van der Waals surface area contributed by atoms with Crippen LogP contribution in [0.2, 0.25) is 0 Å². The molecule has 0 aliphatic rings. The number of hydrogen-bond donors (Lipinski definition) is 2. The van der Waals surface area contributed by atoms with Crippen molar-refractivity contribution in [3.05, 3.63) is 41.2 Å². The summed E-state index contributed by atoms with van der Waals surface area (Å²) >= 11 is 3.06. The Hall–Kier alpha value is -1.40. The Morgan fingerprint density at radius 2 is 2.35 bits per heavy atom. The number of nitrogen functional groups attached to an aromatic ring is 1. The molecule has 0 radical (unpaired) electrons. The second kappa shape index (κ2) is 5.29. The van der Waals surface area contributed by atoms with E-state index in [2.05, 4.69) is 9.36 Å². The highest BCUT2D eigenvalue weighted by atomic mass is 32.2. The van der Waals surface area contributed by atoms with Gasteiger partial charge in [-0.05, 0) is 30.1 Å². The quantitative estimate of drug-likeness (QED) is 0.505. The fraction of sp³-hybridized carbons (Fsp3) is 0.182. The van der Waals surface area contributed by atoms with Gasteiger partial charge in [0.2, 0.25) is 0 Å². The first kappa shape index (κ1) is 12.1. The maximum Gasteiger partial charge on any atom is 0.170 e. The molecular weight excluding hydrogens is 252 g/mol. The summed E-state index contributed by atoms with van der Waals surface area (Å²) < 4.78 is 5.10. The topological polar surface area (TPSA) is 75.7 Å². The summed E-state index contributed by atoms with van der Waals surface area (Å²) in [6.45, 7) is 1.89. The standard InChI is InChI=1S/C11H12N4S2/c1-7-14-11(17-15-7)16-6-8-3-2-4-9(5-8)10(12)13/h2-5H,6H2,1H3,(H3,12,13). The van der Waals surface area contributed by atoms with Crippen molar-refractivity contribution in [1.29, 1.82) is 5.41 Å². The first-order valence-corrected chi connectivity index (χ1v) is 6.77. The molecule has 0 saturated heterocycles. The smallest absolute Gasteiger partial charge is 0.170 e. The number of rotatable bonds is 4. The molecule has 6 heteroatoms. The maximum absolute atomic E-state index is 7.38. The van der Waals surface area contributed by atoms with Gasteiger partial charge in [0.1, 0.15) is 11.7 Å². The Kier molecular flexibility index (Phi) is 3.75. The summed E-state index contributed by atoms with van der Waals surface area (Å²) in [5.74, 6) is 1.73. The van der Waals surface area contributed by atoms with E-state index in [0.717, 1.165) is 27.0 Å². The molecule has 2 aromatic rings. The predicted molar refractivity (Wildman–Crippen MR) is 71.7 cm³/mol. The van der Waals surface area contributed by atoms with E-state index in [4.69, 9.17) is 11.1 Å². The second-order valence-electron chi connectivity index (χ2n) is 3.51. The number of benzene rings is 1. The van der Waals surface area contributed by atoms with Gasteiger partial charge in [-0.25, -0.2) is 4.98 Å². The van der Waals surface area contributed by atoms with Gasteiger partial charge in [-0.15, -0.1) is 0 Å². The maximum atomic E-state index is 7.38. The zero-order valence-electron chi connectivity index (χ0n) is 9.30. The van der Waals surface area contributed by atoms with Crippen molar-refractivity contribution >= 4 is 29.1 Å². The number of nitrogens with one attached hydrogen (secondary N) is 1. The molecule has 0 bridgehead atoms. The molecule has 1 heterocycles. The lowest BCUT2D eigenvalue weighted by atomic mass is 10.1. The summed E-state index contributed by atoms with van der Waals surface area (Å²) in [7, 11) is 0. The van der Waals surface area contributed by atoms with Crippen molar-refractivity contribution < 1.29 is 0 Å². The van der Waals surface area contributed by atoms with E-state index in [1.54, 1.807) is 11.8 Å². The minimum absolute atomic E-state index is 0.101. The van der Waals surface area contributed by atoms with E-state index in [9.17, 15) is 0 Å². The first-order valence-electron chi connectivity index (χ1n) is 5.01. The van der Waals surface area contributed by atoms with Crippen LogP contribution in [0.1, 0.15) is 17.0 Å². The normalized spacial score (nSPS) is 10.4. The molecule has 1 aromatic carbocycles. The van der Waals surface area contributed by atoms with Gasteiger partial charge in [0.05, 0.1) is 0 Å². The van der Waals surface area contributed by atoms with Gasteiger partial charge < -0.3 is 5.73 Å². The van der Waals surface area contributed by atoms with Crippen molar-refractivity contribution in [2.45, 2.75) is 17.0 Å². The molecule has 88 valence electrons. The monoisotopic (exact) mass is 264 g/mol. The minimum atomic E-state index is 0.101. The average Bonchev–Trinajstić information content (AvgIpc) is 2.73. The largest absolute Gasteiger partial charge is 0.384 e. The van der Waals surface area contributed by atoms with E-state index >= 15 is 0 Å². The number of amidine groups is 1. The van der Waals surface area contributed by atoms with Crippen LogP contribution in [0, 0.1) is 12.3 Å². The molecule has 1 aromatic heterocycles. The van der Waals surface area contributed by atoms with Crippen LogP contribution in [0.4, 0.5) is 0 Å². The molecule has 0 aliphatic carbocycles. The first-order chi connectivity index (χ1) is 8.15. The van der Waals surface area contributed by atoms with Gasteiger partial charge in [-0.2, -0.15) is 4.37 Å². The van der Waals surface area contributed by atoms with Crippen LogP contribution < -0.4 is 5.73 Å². The third-order valence-electron chi connectivity index (χ3n) is 2.11. The van der Waals surface area contributed by atoms with E-state index in [-0.39, 0.29) is 5.84 Å². The zero-order chi connectivity index (χ0) is 12.3. The van der Waals surface area contributed by atoms with Crippen molar-refractivity contribution in [1.82, 2.24) is 9.36 Å². The fourth-order valence-electron chi connectivity index (χ4n) is 1.31. The highest BCUT2D eigenvalue weighted by Gasteiger charge is 2.03. The molecule has 2 rings (SSSR count). The molecule has 0 atom stereocenters. The molecule has 0 spiro atoms. The highest BCUT2D eigenvalue weighted by Crippen LogP contribution is 2.24. The lowest BCUT2D eigenvalue weighted by Crippen LogP contribution is -2.10. The Bertz CT molecular complexity index is 536. The molecule has 0 amide bonds. The third kappa shape index (κ3) is 3.28. The lowest BCUT2D eigenvalue weighted by molar-refractivity contribution is 1.10. The van der Waals surface area contributed by atoms with Crippen LogP contribution in [0.5, 0.6) is 0 Å². The number of thioether (sulfide) groups is 1. The molecule has 3 N–H and O–H groups in total. The fourth-order valence-corrected chi connectivity index (χ4v) is 2.90. The molecule has 0 unspecified atom stereocenters. The predicted octanol–water partition coefficient (Wildman–Crippen LogP) is 2.42. The zero-order valence-corrected chi connectivity index (χ0v) is 10.9. The third-order valence-corrected chi connectivity index (χ3v) is 4.11. The van der Waals surface area contributed by atoms with Gasteiger partial charge in [-0.3, -0.25) is 5.41 Å². The molecular formula is C11H12N4S2. The summed E-state index contributed by atoms with van der Waals surface area (Å²) in [4.78, 5) is 4.29. The van der Waals surface area contributed by atoms with Crippen molar-refractivity contribution in [2.24, 2.45) is 5.73 Å². The number of aromatic nitrogens is 2. The summed E-state index contributed by atoms with van der Waals surface area (Å²) in [5, 5.41) is 7.38. The molecule has 0 saturated carbocycles. The molecule has 0 fully saturated rings. The van der Waals surface area contributed by atoms with Gasteiger partial charge in [0, 0.05) is 11.3 Å². The molecule has 4 nitrogen and oxygen atoms in total. The molecule has 17 heavy (non-hydrogen) atoms. The van der Waals surface area contributed by atoms with Crippen LogP contribution in [0.3, 0.4) is 0 Å². The number of hydrogen-bond acceptors (Lipinski definition) is 5. The highest BCUT2D eigenvalue weighted by molar-refractivity contribution is 8.00. The minimum Gasteiger partial charge on any atom is -0.384 e. The summed E-state index contributed by atoms with van der Waals surface area (Å²) in [6.07, 6.45) is 0. The number of nitrogens with zero attached hydrogens (tertiary/aromatic N) is 2. The van der Waals surface area contributed by atoms with Crippen LogP contribution in [0.15, 0.2) is 28.6 Å². The number of aryl methyl sites for hydroxylation is 1. The second-order valence-corrected chi connectivity index (χ2v) is 5.48. The SMILES string of the molecule is Cc1nsc(SCc2cccc(C(=N)N)c2)n1. The van der Waals surface area contributed by atoms with E-state index in [1.807, 2.05) is 31.2 Å². The van der Waals surface area contributed by atoms with Crippen LogP contribution in [0.25, 0.3) is 0 Å². The summed E-state index contributed by atoms with van der Waals surface area (Å²) in [6, 6.07) is 7.71. The van der Waals surface area contributed by atoms with E-state index in [1.165, 1.54) is 11.5 Å². The Morgan fingerprint density at radius 1 is 1.53 bits per heavy atom. The van der Waals surface area contributed by atoms with Gasteiger partial charge >= 0.3 is 0 Å². The van der Waals surface area contributed by atoms with Gasteiger partial charge in [0.15, 0.2) is 4.34 Å². The van der Waals surface area contributed by atoms with E-state index in [0.29, 0.717) is 0 Å². The Morgan fingerprint density at radius 3 is 3.00 bits per heavy atom. The van der Waals surface area contributed by atoms with Crippen molar-refractivity contribution in [2.75, 3.05) is 0 Å². The Labute approximate surface area is 108 Å². The van der Waals surface area contributed by atoms with Crippen LogP contribution in [-0.2, 0) is 5.75 Å². The van der Waals surface area contributed by atoms with Crippen molar-refractivity contribution in [3.63, 3.8) is 0 Å². The van der Waals surface area contributed by atoms with Crippen LogP contribution >= 0.6 is 23.3 Å². The number of nitrogens with two attached hydrogens (primary N) is 1. The lowest BCUT2D eigenvalue weighted by Gasteiger charge is -2.02. The van der Waals surface area contributed by atoms with Gasteiger partial charge in [-0.1, -0.05) is 30.0 Å². The van der Waals surface area contributed by atoms with E-state index < -0.39 is 0 Å². The Balaban J connectivity index is 2.04. The summed E-state index contributed by atoms with van der Waals surface area (Å²) in [5.41, 5.74) is 7.34. The molecule has 0 aliphatic heterocycles.